The van der Waals surface area contributed by atoms with Crippen molar-refractivity contribution >= 4 is 27.3 Å². The van der Waals surface area contributed by atoms with Crippen LogP contribution in [0.15, 0.2) is 18.2 Å². The maximum atomic E-state index is 13.7. The molecule has 96 valence electrons. The predicted molar refractivity (Wildman–Crippen MR) is 70.9 cm³/mol. The van der Waals surface area contributed by atoms with Crippen molar-refractivity contribution in [1.29, 1.82) is 0 Å². The molecule has 0 aliphatic carbocycles. The van der Waals surface area contributed by atoms with Crippen molar-refractivity contribution in [1.82, 2.24) is 0 Å². The summed E-state index contributed by atoms with van der Waals surface area (Å²) in [5.74, 6) is -2.66. The normalized spacial score (nSPS) is 12.8. The highest BCUT2D eigenvalue weighted by atomic mass is 79.9. The molecule has 0 aliphatic heterocycles. The lowest BCUT2D eigenvalue weighted by Gasteiger charge is -2.12. The minimum absolute atomic E-state index is 0.152. The summed E-state index contributed by atoms with van der Waals surface area (Å²) in [5, 5.41) is 0. The molecule has 1 heterocycles. The fourth-order valence-electron chi connectivity index (χ4n) is 1.84. The van der Waals surface area contributed by atoms with Crippen LogP contribution in [0.3, 0.4) is 0 Å². The van der Waals surface area contributed by atoms with E-state index in [1.807, 2.05) is 19.9 Å². The van der Waals surface area contributed by atoms with Gasteiger partial charge in [0.25, 0.3) is 0 Å². The number of benzene rings is 1. The van der Waals surface area contributed by atoms with E-state index < -0.39 is 22.3 Å². The summed E-state index contributed by atoms with van der Waals surface area (Å²) >= 11 is 4.76. The van der Waals surface area contributed by atoms with Crippen LogP contribution in [0, 0.1) is 31.3 Å². The van der Waals surface area contributed by atoms with E-state index in [-0.39, 0.29) is 5.56 Å². The van der Waals surface area contributed by atoms with Gasteiger partial charge in [0.2, 0.25) is 0 Å². The van der Waals surface area contributed by atoms with Gasteiger partial charge in [-0.15, -0.1) is 11.3 Å². The molecule has 1 aromatic carbocycles. The van der Waals surface area contributed by atoms with E-state index in [1.165, 1.54) is 11.3 Å². The van der Waals surface area contributed by atoms with Crippen LogP contribution in [-0.2, 0) is 0 Å². The van der Waals surface area contributed by atoms with Gasteiger partial charge >= 0.3 is 0 Å². The zero-order chi connectivity index (χ0) is 13.4. The lowest BCUT2D eigenvalue weighted by Crippen LogP contribution is -2.01. The van der Waals surface area contributed by atoms with E-state index >= 15 is 0 Å². The molecular formula is C13H10BrF3S. The lowest BCUT2D eigenvalue weighted by atomic mass is 10.1. The highest BCUT2D eigenvalue weighted by Crippen LogP contribution is 2.40. The monoisotopic (exact) mass is 334 g/mol. The van der Waals surface area contributed by atoms with E-state index in [1.54, 1.807) is 0 Å². The molecule has 0 saturated carbocycles. The molecule has 0 bridgehead atoms. The van der Waals surface area contributed by atoms with E-state index in [4.69, 9.17) is 0 Å². The summed E-state index contributed by atoms with van der Waals surface area (Å²) in [7, 11) is 0. The summed E-state index contributed by atoms with van der Waals surface area (Å²) in [4.78, 5) is 1.29. The molecule has 0 fully saturated rings. The molecule has 18 heavy (non-hydrogen) atoms. The van der Waals surface area contributed by atoms with Gasteiger partial charge in [-0.05, 0) is 25.5 Å². The van der Waals surface area contributed by atoms with Gasteiger partial charge < -0.3 is 0 Å². The van der Waals surface area contributed by atoms with Crippen molar-refractivity contribution in [3.05, 3.63) is 56.5 Å². The maximum absolute atomic E-state index is 13.7. The molecule has 1 aromatic heterocycles. The second-order valence-electron chi connectivity index (χ2n) is 4.05. The van der Waals surface area contributed by atoms with Crippen LogP contribution in [0.5, 0.6) is 0 Å². The van der Waals surface area contributed by atoms with E-state index in [0.29, 0.717) is 12.1 Å². The zero-order valence-corrected chi connectivity index (χ0v) is 12.1. The number of alkyl halides is 1. The van der Waals surface area contributed by atoms with Gasteiger partial charge in [-0.25, -0.2) is 13.2 Å². The van der Waals surface area contributed by atoms with E-state index in [2.05, 4.69) is 15.9 Å². The fraction of sp³-hybridized carbons (Fsp3) is 0.231. The standard InChI is InChI=1S/C13H10BrF3S/c1-6-3-7(2)18-13(6)12(14)11-9(16)4-8(15)5-10(11)17/h3-5,12H,1-2H3. The average molecular weight is 335 g/mol. The van der Waals surface area contributed by atoms with Gasteiger partial charge in [-0.1, -0.05) is 15.9 Å². The molecule has 0 spiro atoms. The second-order valence-corrected chi connectivity index (χ2v) is 6.25. The Morgan fingerprint density at radius 1 is 1.06 bits per heavy atom. The summed E-state index contributed by atoms with van der Waals surface area (Å²) in [6.45, 7) is 3.81. The average Bonchev–Trinajstić information content (AvgIpc) is 2.56. The number of hydrogen-bond acceptors (Lipinski definition) is 1. The first kappa shape index (κ1) is 13.6. The summed E-state index contributed by atoms with van der Waals surface area (Å²) in [5.41, 5.74) is 0.809. The lowest BCUT2D eigenvalue weighted by molar-refractivity contribution is 0.527. The minimum Gasteiger partial charge on any atom is -0.207 e. The molecule has 2 aromatic rings. The largest absolute Gasteiger partial charge is 0.207 e. The van der Waals surface area contributed by atoms with Gasteiger partial charge in [0.1, 0.15) is 17.5 Å². The highest BCUT2D eigenvalue weighted by Gasteiger charge is 2.23. The van der Waals surface area contributed by atoms with Crippen molar-refractivity contribution < 1.29 is 13.2 Å². The molecule has 0 amide bonds. The fourth-order valence-corrected chi connectivity index (χ4v) is 3.94. The van der Waals surface area contributed by atoms with Gasteiger partial charge in [-0.3, -0.25) is 0 Å². The van der Waals surface area contributed by atoms with Crippen molar-refractivity contribution in [2.75, 3.05) is 0 Å². The van der Waals surface area contributed by atoms with Crippen LogP contribution in [0.1, 0.15) is 25.7 Å². The number of aryl methyl sites for hydroxylation is 2. The summed E-state index contributed by atoms with van der Waals surface area (Å²) < 4.78 is 40.2. The van der Waals surface area contributed by atoms with Gasteiger partial charge in [-0.2, -0.15) is 0 Å². The first-order chi connectivity index (χ1) is 8.40. The molecule has 5 heteroatoms. The molecule has 1 atom stereocenters. The van der Waals surface area contributed by atoms with Gasteiger partial charge in [0.15, 0.2) is 0 Å². The van der Waals surface area contributed by atoms with Crippen LogP contribution in [0.4, 0.5) is 13.2 Å². The number of hydrogen-bond donors (Lipinski definition) is 0. The Balaban J connectivity index is 2.52. The van der Waals surface area contributed by atoms with E-state index in [9.17, 15) is 13.2 Å². The SMILES string of the molecule is Cc1cc(C)c(C(Br)c2c(F)cc(F)cc2F)s1. The second kappa shape index (κ2) is 5.05. The Kier molecular flexibility index (Phi) is 3.82. The molecule has 0 nitrogen and oxygen atoms in total. The number of thiophene rings is 1. The Labute approximate surface area is 116 Å². The van der Waals surface area contributed by atoms with Crippen LogP contribution in [0.2, 0.25) is 0 Å². The van der Waals surface area contributed by atoms with Gasteiger partial charge in [0.05, 0.1) is 4.83 Å². The first-order valence-electron chi connectivity index (χ1n) is 5.25. The molecule has 1 unspecified atom stereocenters. The van der Waals surface area contributed by atoms with Crippen molar-refractivity contribution in [2.24, 2.45) is 0 Å². The molecule has 0 aliphatic rings. The third kappa shape index (κ3) is 2.47. The maximum Gasteiger partial charge on any atom is 0.133 e. The Hall–Kier alpha value is -0.810. The van der Waals surface area contributed by atoms with Crippen molar-refractivity contribution in [2.45, 2.75) is 18.7 Å². The molecule has 0 saturated heterocycles. The molecule has 0 radical (unpaired) electrons. The van der Waals surface area contributed by atoms with Crippen LogP contribution in [-0.4, -0.2) is 0 Å². The van der Waals surface area contributed by atoms with Gasteiger partial charge in [0, 0.05) is 27.5 Å². The van der Waals surface area contributed by atoms with E-state index in [0.717, 1.165) is 15.3 Å². The Bertz CT molecular complexity index is 569. The third-order valence-electron chi connectivity index (χ3n) is 2.61. The Morgan fingerprint density at radius 3 is 2.06 bits per heavy atom. The topological polar surface area (TPSA) is 0 Å². The Morgan fingerprint density at radius 2 is 1.61 bits per heavy atom. The zero-order valence-electron chi connectivity index (χ0n) is 9.73. The van der Waals surface area contributed by atoms with Crippen molar-refractivity contribution in [3.8, 4) is 0 Å². The minimum atomic E-state index is -0.910. The van der Waals surface area contributed by atoms with Crippen LogP contribution < -0.4 is 0 Å². The summed E-state index contributed by atoms with van der Waals surface area (Å²) in [6, 6.07) is 3.35. The van der Waals surface area contributed by atoms with Crippen molar-refractivity contribution in [3.63, 3.8) is 0 Å². The highest BCUT2D eigenvalue weighted by molar-refractivity contribution is 9.09. The molecular weight excluding hydrogens is 325 g/mol. The molecule has 0 N–H and O–H groups in total. The first-order valence-corrected chi connectivity index (χ1v) is 6.98. The quantitative estimate of drug-likeness (QED) is 0.656. The predicted octanol–water partition coefficient (Wildman–Crippen LogP) is 5.27. The number of halogens is 4. The third-order valence-corrected chi connectivity index (χ3v) is 5.04. The summed E-state index contributed by atoms with van der Waals surface area (Å²) in [6.07, 6.45) is 0. The van der Waals surface area contributed by atoms with Crippen LogP contribution >= 0.6 is 27.3 Å². The van der Waals surface area contributed by atoms with Crippen LogP contribution in [0.25, 0.3) is 0 Å². The smallest absolute Gasteiger partial charge is 0.133 e. The number of rotatable bonds is 2. The molecule has 2 rings (SSSR count).